The van der Waals surface area contributed by atoms with E-state index in [-0.39, 0.29) is 16.8 Å². The van der Waals surface area contributed by atoms with Gasteiger partial charge in [0.1, 0.15) is 6.04 Å². The number of ether oxygens (including phenoxy) is 1. The van der Waals surface area contributed by atoms with Gasteiger partial charge in [0.05, 0.1) is 28.5 Å². The van der Waals surface area contributed by atoms with Crippen molar-refractivity contribution in [2.75, 3.05) is 12.3 Å². The van der Waals surface area contributed by atoms with Crippen LogP contribution in [0.4, 0.5) is 10.1 Å². The Morgan fingerprint density at radius 1 is 1.68 bits per heavy atom. The van der Waals surface area contributed by atoms with Gasteiger partial charge in [0, 0.05) is 5.39 Å². The van der Waals surface area contributed by atoms with E-state index in [0.29, 0.717) is 10.9 Å². The van der Waals surface area contributed by atoms with Crippen LogP contribution in [0.2, 0.25) is 0 Å². The summed E-state index contributed by atoms with van der Waals surface area (Å²) in [5.41, 5.74) is 6.10. The molecule has 0 aliphatic rings. The second kappa shape index (κ2) is 5.16. The molecule has 2 N–H and O–H groups in total. The summed E-state index contributed by atoms with van der Waals surface area (Å²) in [6.07, 6.45) is 1.53. The third-order valence-corrected chi connectivity index (χ3v) is 3.38. The molecular formula is C12H13BrFN3O2. The number of carbonyl (C=O) groups excluding carboxylic acids is 1. The first-order valence-corrected chi connectivity index (χ1v) is 6.54. The summed E-state index contributed by atoms with van der Waals surface area (Å²) in [5, 5.41) is 4.74. The number of nitrogens with zero attached hydrogens (tertiary/aromatic N) is 2. The van der Waals surface area contributed by atoms with Crippen molar-refractivity contribution in [2.24, 2.45) is 0 Å². The zero-order valence-corrected chi connectivity index (χ0v) is 12.1. The van der Waals surface area contributed by atoms with Crippen LogP contribution in [-0.2, 0) is 9.53 Å². The number of carbonyl (C=O) groups is 1. The summed E-state index contributed by atoms with van der Waals surface area (Å²) < 4.78 is 20.4. The maximum Gasteiger partial charge on any atom is 0.330 e. The van der Waals surface area contributed by atoms with E-state index in [1.807, 2.05) is 0 Å². The number of hydrogen-bond donors (Lipinski definition) is 1. The third-order valence-electron chi connectivity index (χ3n) is 2.80. The van der Waals surface area contributed by atoms with Crippen LogP contribution in [0.5, 0.6) is 0 Å². The van der Waals surface area contributed by atoms with E-state index in [1.54, 1.807) is 19.9 Å². The molecule has 2 aromatic rings. The predicted octanol–water partition coefficient (Wildman–Crippen LogP) is 2.64. The number of halogens is 2. The summed E-state index contributed by atoms with van der Waals surface area (Å²) in [6.45, 7) is 3.62. The maximum absolute atomic E-state index is 13.8. The average Bonchev–Trinajstić information content (AvgIpc) is 2.79. The fourth-order valence-electron chi connectivity index (χ4n) is 1.85. The Bertz CT molecular complexity index is 641. The van der Waals surface area contributed by atoms with Gasteiger partial charge >= 0.3 is 5.97 Å². The lowest BCUT2D eigenvalue weighted by Crippen LogP contribution is -2.20. The number of rotatable bonds is 3. The highest BCUT2D eigenvalue weighted by atomic mass is 79.9. The van der Waals surface area contributed by atoms with E-state index >= 15 is 0 Å². The third kappa shape index (κ3) is 2.30. The molecule has 1 atom stereocenters. The number of nitrogen functional groups attached to an aromatic ring is 1. The van der Waals surface area contributed by atoms with Gasteiger partial charge in [0.25, 0.3) is 0 Å². The highest BCUT2D eigenvalue weighted by Gasteiger charge is 2.22. The Hall–Kier alpha value is -1.63. The molecule has 0 radical (unpaired) electrons. The van der Waals surface area contributed by atoms with E-state index in [2.05, 4.69) is 21.0 Å². The molecule has 0 aliphatic heterocycles. The molecule has 19 heavy (non-hydrogen) atoms. The normalized spacial score (nSPS) is 12.6. The van der Waals surface area contributed by atoms with E-state index < -0.39 is 17.8 Å². The van der Waals surface area contributed by atoms with Crippen LogP contribution in [-0.4, -0.2) is 22.4 Å². The van der Waals surface area contributed by atoms with Crippen molar-refractivity contribution in [3.63, 3.8) is 0 Å². The Morgan fingerprint density at radius 3 is 3.00 bits per heavy atom. The van der Waals surface area contributed by atoms with Crippen molar-refractivity contribution in [1.82, 2.24) is 9.78 Å². The molecule has 102 valence electrons. The Morgan fingerprint density at radius 2 is 2.37 bits per heavy atom. The average molecular weight is 330 g/mol. The van der Waals surface area contributed by atoms with Crippen molar-refractivity contribution < 1.29 is 13.9 Å². The van der Waals surface area contributed by atoms with E-state index in [1.165, 1.54) is 10.9 Å². The highest BCUT2D eigenvalue weighted by molar-refractivity contribution is 9.10. The number of benzene rings is 1. The summed E-state index contributed by atoms with van der Waals surface area (Å²) in [4.78, 5) is 11.7. The van der Waals surface area contributed by atoms with E-state index in [4.69, 9.17) is 10.5 Å². The van der Waals surface area contributed by atoms with Crippen LogP contribution < -0.4 is 5.73 Å². The first kappa shape index (κ1) is 13.8. The molecule has 0 bridgehead atoms. The predicted molar refractivity (Wildman–Crippen MR) is 73.1 cm³/mol. The fourth-order valence-corrected chi connectivity index (χ4v) is 2.31. The van der Waals surface area contributed by atoms with Crippen molar-refractivity contribution in [1.29, 1.82) is 0 Å². The fraction of sp³-hybridized carbons (Fsp3) is 0.333. The zero-order chi connectivity index (χ0) is 14.2. The van der Waals surface area contributed by atoms with Gasteiger partial charge in [-0.05, 0) is 35.8 Å². The quantitative estimate of drug-likeness (QED) is 0.694. The molecule has 7 heteroatoms. The van der Waals surface area contributed by atoms with Crippen LogP contribution in [0, 0.1) is 5.82 Å². The molecule has 0 saturated heterocycles. The monoisotopic (exact) mass is 329 g/mol. The molecule has 0 spiro atoms. The number of anilines is 1. The lowest BCUT2D eigenvalue weighted by atomic mass is 10.2. The largest absolute Gasteiger partial charge is 0.464 e. The molecule has 2 rings (SSSR count). The first-order chi connectivity index (χ1) is 8.97. The second-order valence-electron chi connectivity index (χ2n) is 4.04. The van der Waals surface area contributed by atoms with Crippen LogP contribution in [0.3, 0.4) is 0 Å². The molecule has 1 aromatic heterocycles. The molecule has 0 aliphatic carbocycles. The molecule has 0 amide bonds. The second-order valence-corrected chi connectivity index (χ2v) is 4.90. The van der Waals surface area contributed by atoms with Gasteiger partial charge < -0.3 is 10.5 Å². The number of nitrogens with two attached hydrogens (primary N) is 1. The molecule has 0 fully saturated rings. The van der Waals surface area contributed by atoms with Gasteiger partial charge in [-0.25, -0.2) is 13.9 Å². The number of fused-ring (bicyclic) bond motifs is 1. The maximum atomic E-state index is 13.8. The molecular weight excluding hydrogens is 317 g/mol. The smallest absolute Gasteiger partial charge is 0.330 e. The van der Waals surface area contributed by atoms with Gasteiger partial charge in [-0.3, -0.25) is 0 Å². The van der Waals surface area contributed by atoms with Crippen LogP contribution in [0.15, 0.2) is 16.7 Å². The summed E-state index contributed by atoms with van der Waals surface area (Å²) in [6, 6.07) is 0.905. The first-order valence-electron chi connectivity index (χ1n) is 5.74. The highest BCUT2D eigenvalue weighted by Crippen LogP contribution is 2.31. The topological polar surface area (TPSA) is 70.1 Å². The van der Waals surface area contributed by atoms with Gasteiger partial charge in [-0.15, -0.1) is 0 Å². The number of aromatic nitrogens is 2. The summed E-state index contributed by atoms with van der Waals surface area (Å²) >= 11 is 3.08. The number of hydrogen-bond acceptors (Lipinski definition) is 4. The van der Waals surface area contributed by atoms with Crippen LogP contribution in [0.1, 0.15) is 19.9 Å². The van der Waals surface area contributed by atoms with Gasteiger partial charge in [0.2, 0.25) is 0 Å². The Labute approximate surface area is 117 Å². The Kier molecular flexibility index (Phi) is 3.75. The summed E-state index contributed by atoms with van der Waals surface area (Å²) in [7, 11) is 0. The summed E-state index contributed by atoms with van der Waals surface area (Å²) in [5.74, 6) is -1.000. The van der Waals surface area contributed by atoms with Crippen molar-refractivity contribution in [3.05, 3.63) is 22.6 Å². The van der Waals surface area contributed by atoms with Gasteiger partial charge in [-0.1, -0.05) is 0 Å². The zero-order valence-electron chi connectivity index (χ0n) is 10.5. The van der Waals surface area contributed by atoms with Gasteiger partial charge in [0.15, 0.2) is 5.82 Å². The molecule has 0 saturated carbocycles. The minimum atomic E-state index is -0.666. The minimum Gasteiger partial charge on any atom is -0.464 e. The SMILES string of the molecule is CCOC(=O)[C@@H](C)n1ncc2cc(Br)c(F)c(N)c21. The van der Waals surface area contributed by atoms with Crippen molar-refractivity contribution in [3.8, 4) is 0 Å². The van der Waals surface area contributed by atoms with Crippen LogP contribution >= 0.6 is 15.9 Å². The molecule has 1 heterocycles. The molecule has 5 nitrogen and oxygen atoms in total. The lowest BCUT2D eigenvalue weighted by Gasteiger charge is -2.13. The molecule has 0 unspecified atom stereocenters. The minimum absolute atomic E-state index is 0.0435. The standard InChI is InChI=1S/C12H13BrFN3O2/c1-3-19-12(18)6(2)17-11-7(5-16-17)4-8(13)9(14)10(11)15/h4-6H,3,15H2,1-2H3/t6-/m1/s1. The van der Waals surface area contributed by atoms with E-state index in [9.17, 15) is 9.18 Å². The van der Waals surface area contributed by atoms with Gasteiger partial charge in [-0.2, -0.15) is 5.10 Å². The Balaban J connectivity index is 2.57. The van der Waals surface area contributed by atoms with E-state index in [0.717, 1.165) is 0 Å². The molecule has 1 aromatic carbocycles. The van der Waals surface area contributed by atoms with Crippen molar-refractivity contribution in [2.45, 2.75) is 19.9 Å². The van der Waals surface area contributed by atoms with Crippen LogP contribution in [0.25, 0.3) is 10.9 Å². The lowest BCUT2D eigenvalue weighted by molar-refractivity contribution is -0.146. The van der Waals surface area contributed by atoms with Crippen molar-refractivity contribution >= 4 is 38.5 Å². The number of esters is 1.